The molecule has 5 aromatic carbocycles. The number of β-lactam (4-membered cyclic amide) rings is 1. The summed E-state index contributed by atoms with van der Waals surface area (Å²) in [6, 6.07) is 48.7. The Labute approximate surface area is 355 Å². The van der Waals surface area contributed by atoms with E-state index < -0.39 is 42.2 Å². The summed E-state index contributed by atoms with van der Waals surface area (Å²) in [6.07, 6.45) is -0.303. The van der Waals surface area contributed by atoms with Crippen molar-refractivity contribution in [2.75, 3.05) is 18.2 Å². The SMILES string of the molecule is CON=C(C(=O)NC1C(=O)N2C(C(=O)OC(c3ccccc3)c3ccccc3)=C(C=P(c3ccccc3)(c3ccccc3)c3ccccc3)CS[C@H]12)c1csc(NC=O)n1. The second-order valence-corrected chi connectivity index (χ2v) is 18.8. The lowest BCUT2D eigenvalue weighted by atomic mass is 10.0. The smallest absolute Gasteiger partial charge is 0.356 e. The normalized spacial score (nSPS) is 16.3. The van der Waals surface area contributed by atoms with Gasteiger partial charge in [0.2, 0.25) is 6.41 Å². The first-order valence-electron chi connectivity index (χ1n) is 18.9. The van der Waals surface area contributed by atoms with E-state index in [4.69, 9.17) is 9.57 Å². The molecule has 2 aliphatic rings. The number of fused-ring (bicyclic) bond motifs is 1. The molecule has 2 aliphatic heterocycles. The van der Waals surface area contributed by atoms with Crippen molar-refractivity contribution in [1.82, 2.24) is 15.2 Å². The first-order chi connectivity index (χ1) is 29.4. The molecule has 3 heterocycles. The summed E-state index contributed by atoms with van der Waals surface area (Å²) in [7, 11) is 1.29. The standard InChI is InChI=1S/C46H38N5O6PS2/c1-56-50-38(37-29-60-46(48-37)47-30-52)42(53)49-39-43(54)51-40(45(55)57-41(31-17-7-2-8-18-31)32-19-9-3-10-20-32)33(28-59-44(39)51)27-58(34-21-11-4-12-22-34,35-23-13-5-14-24-35)36-25-15-6-16-26-36/h2-27,29-30,39,41,44H,28H2,1H3,(H,49,53)(H,47,48,52)/t39?,44-/m1/s1. The van der Waals surface area contributed by atoms with Gasteiger partial charge in [0.25, 0.3) is 11.8 Å². The van der Waals surface area contributed by atoms with Gasteiger partial charge in [-0.3, -0.25) is 19.3 Å². The number of carbonyl (C=O) groups excluding carboxylic acids is 4. The third kappa shape index (κ3) is 7.94. The third-order valence-electron chi connectivity index (χ3n) is 10.1. The molecule has 2 atom stereocenters. The van der Waals surface area contributed by atoms with Gasteiger partial charge in [-0.25, -0.2) is 9.78 Å². The van der Waals surface area contributed by atoms with Crippen LogP contribution in [0.3, 0.4) is 0 Å². The van der Waals surface area contributed by atoms with E-state index in [2.05, 4.69) is 63.0 Å². The van der Waals surface area contributed by atoms with Gasteiger partial charge in [-0.05, 0) is 45.3 Å². The van der Waals surface area contributed by atoms with E-state index in [0.717, 1.165) is 38.4 Å². The fourth-order valence-corrected chi connectivity index (χ4v) is 13.4. The number of amides is 3. The highest BCUT2D eigenvalue weighted by atomic mass is 32.2. The fourth-order valence-electron chi connectivity index (χ4n) is 7.38. The Morgan fingerprint density at radius 1 is 0.817 bits per heavy atom. The Balaban J connectivity index is 1.26. The van der Waals surface area contributed by atoms with Crippen LogP contribution in [0.1, 0.15) is 22.9 Å². The number of esters is 1. The highest BCUT2D eigenvalue weighted by Crippen LogP contribution is 2.48. The molecule has 0 saturated carbocycles. The number of benzene rings is 5. The Morgan fingerprint density at radius 3 is 1.83 bits per heavy atom. The van der Waals surface area contributed by atoms with Gasteiger partial charge in [0.05, 0.1) is 0 Å². The molecule has 0 aliphatic carbocycles. The van der Waals surface area contributed by atoms with Gasteiger partial charge in [-0.1, -0.05) is 157 Å². The first-order valence-corrected chi connectivity index (χ1v) is 22.7. The average Bonchev–Trinajstić information content (AvgIpc) is 3.77. The zero-order valence-corrected chi connectivity index (χ0v) is 34.7. The molecular weight excluding hydrogens is 814 g/mol. The van der Waals surface area contributed by atoms with E-state index >= 15 is 4.79 Å². The van der Waals surface area contributed by atoms with Crippen LogP contribution in [0.4, 0.5) is 5.13 Å². The largest absolute Gasteiger partial charge is 0.448 e. The summed E-state index contributed by atoms with van der Waals surface area (Å²) in [5, 5.41) is 13.5. The minimum atomic E-state index is -2.66. The fraction of sp³-hybridized carbons (Fsp3) is 0.109. The topological polar surface area (TPSA) is 139 Å². The average molecular weight is 852 g/mol. The van der Waals surface area contributed by atoms with E-state index in [0.29, 0.717) is 17.7 Å². The molecule has 2 N–H and O–H groups in total. The predicted octanol–water partition coefficient (Wildman–Crippen LogP) is 5.85. The molecule has 8 rings (SSSR count). The van der Waals surface area contributed by atoms with Gasteiger partial charge in [0.15, 0.2) is 16.9 Å². The summed E-state index contributed by atoms with van der Waals surface area (Å²) in [4.78, 5) is 65.1. The van der Waals surface area contributed by atoms with Crippen molar-refractivity contribution in [1.29, 1.82) is 0 Å². The molecule has 11 nitrogen and oxygen atoms in total. The summed E-state index contributed by atoms with van der Waals surface area (Å²) in [5.41, 5.74) is 2.27. The number of nitrogens with one attached hydrogen (secondary N) is 2. The van der Waals surface area contributed by atoms with Crippen LogP contribution in [0.25, 0.3) is 0 Å². The van der Waals surface area contributed by atoms with Crippen LogP contribution in [-0.4, -0.2) is 69.9 Å². The number of oxime groups is 1. The number of hydrogen-bond donors (Lipinski definition) is 2. The zero-order valence-electron chi connectivity index (χ0n) is 32.2. The number of ether oxygens (including phenoxy) is 1. The quantitative estimate of drug-likeness (QED) is 0.0348. The molecule has 60 heavy (non-hydrogen) atoms. The summed E-state index contributed by atoms with van der Waals surface area (Å²) in [6.45, 7) is -2.66. The minimum Gasteiger partial charge on any atom is -0.448 e. The van der Waals surface area contributed by atoms with Crippen LogP contribution in [0.5, 0.6) is 0 Å². The maximum atomic E-state index is 15.1. The first kappa shape index (κ1) is 40.3. The van der Waals surface area contributed by atoms with Crippen LogP contribution in [-0.2, 0) is 28.8 Å². The third-order valence-corrected chi connectivity index (χ3v) is 16.2. The molecule has 1 saturated heterocycles. The van der Waals surface area contributed by atoms with Crippen molar-refractivity contribution >= 4 is 86.7 Å². The van der Waals surface area contributed by atoms with Gasteiger partial charge in [-0.2, -0.15) is 0 Å². The summed E-state index contributed by atoms with van der Waals surface area (Å²) < 4.78 is 6.52. The molecule has 300 valence electrons. The zero-order chi connectivity index (χ0) is 41.5. The van der Waals surface area contributed by atoms with E-state index in [1.165, 1.54) is 23.8 Å². The lowest BCUT2D eigenvalue weighted by Gasteiger charge is -2.49. The monoisotopic (exact) mass is 851 g/mol. The Bertz CT molecular complexity index is 2480. The maximum absolute atomic E-state index is 15.1. The van der Waals surface area contributed by atoms with E-state index in [1.54, 1.807) is 5.38 Å². The minimum absolute atomic E-state index is 0.119. The van der Waals surface area contributed by atoms with Crippen LogP contribution in [0.2, 0.25) is 0 Å². The van der Waals surface area contributed by atoms with Crippen molar-refractivity contribution in [2.24, 2.45) is 5.16 Å². The second-order valence-electron chi connectivity index (χ2n) is 13.6. The van der Waals surface area contributed by atoms with Gasteiger partial charge in [-0.15, -0.1) is 23.1 Å². The lowest BCUT2D eigenvalue weighted by molar-refractivity contribution is -0.154. The van der Waals surface area contributed by atoms with Gasteiger partial charge >= 0.3 is 5.97 Å². The van der Waals surface area contributed by atoms with Crippen molar-refractivity contribution in [3.05, 3.63) is 185 Å². The van der Waals surface area contributed by atoms with Crippen LogP contribution in [0.15, 0.2) is 173 Å². The maximum Gasteiger partial charge on any atom is 0.356 e. The second kappa shape index (κ2) is 18.2. The lowest BCUT2D eigenvalue weighted by Crippen LogP contribution is -2.71. The molecule has 0 spiro atoms. The Kier molecular flexibility index (Phi) is 12.2. The van der Waals surface area contributed by atoms with Crippen LogP contribution >= 0.6 is 30.0 Å². The number of thiazole rings is 1. The molecule has 1 fully saturated rings. The number of rotatable bonds is 14. The molecule has 1 aromatic heterocycles. The number of anilines is 1. The Morgan fingerprint density at radius 2 is 1.33 bits per heavy atom. The van der Waals surface area contributed by atoms with Crippen molar-refractivity contribution in [3.63, 3.8) is 0 Å². The molecule has 0 bridgehead atoms. The van der Waals surface area contributed by atoms with Crippen molar-refractivity contribution in [2.45, 2.75) is 17.5 Å². The molecule has 3 amide bonds. The van der Waals surface area contributed by atoms with Crippen LogP contribution in [0, 0.1) is 0 Å². The van der Waals surface area contributed by atoms with Crippen molar-refractivity contribution in [3.8, 4) is 0 Å². The molecule has 1 unspecified atom stereocenters. The highest BCUT2D eigenvalue weighted by Gasteiger charge is 2.55. The van der Waals surface area contributed by atoms with Gasteiger partial charge < -0.3 is 20.2 Å². The van der Waals surface area contributed by atoms with Gasteiger partial charge in [0, 0.05) is 11.1 Å². The summed E-state index contributed by atoms with van der Waals surface area (Å²) in [5.74, 6) is 0.652. The predicted molar refractivity (Wildman–Crippen MR) is 239 cm³/mol. The van der Waals surface area contributed by atoms with Crippen LogP contribution < -0.4 is 26.5 Å². The molecule has 14 heteroatoms. The Hall–Kier alpha value is -6.53. The number of hydrogen-bond acceptors (Lipinski definition) is 10. The number of aromatic nitrogens is 1. The number of nitrogens with zero attached hydrogens (tertiary/aromatic N) is 3. The van der Waals surface area contributed by atoms with E-state index in [9.17, 15) is 14.4 Å². The molecule has 6 aromatic rings. The molecular formula is C46H38N5O6PS2. The van der Waals surface area contributed by atoms with Crippen molar-refractivity contribution < 1.29 is 28.8 Å². The van der Waals surface area contributed by atoms with E-state index in [-0.39, 0.29) is 22.2 Å². The number of thioether (sulfide) groups is 1. The highest BCUT2D eigenvalue weighted by molar-refractivity contribution is 8.00. The summed E-state index contributed by atoms with van der Waals surface area (Å²) >= 11 is 2.54. The van der Waals surface area contributed by atoms with E-state index in [1.807, 2.05) is 115 Å². The molecule has 0 radical (unpaired) electrons. The van der Waals surface area contributed by atoms with Gasteiger partial charge in [0.1, 0.15) is 29.9 Å². The number of carbonyl (C=O) groups is 4.